The molecule has 0 aliphatic rings. The monoisotopic (exact) mass is 416 g/mol. The molecule has 0 bridgehead atoms. The molecule has 0 fully saturated rings. The van der Waals surface area contributed by atoms with Crippen molar-refractivity contribution in [2.45, 2.75) is 27.4 Å². The molecule has 0 atom stereocenters. The zero-order valence-electron chi connectivity index (χ0n) is 16.0. The van der Waals surface area contributed by atoms with Gasteiger partial charge in [-0.2, -0.15) is 0 Å². The Balaban J connectivity index is 1.77. The zero-order chi connectivity index (χ0) is 20.3. The molecular weight excluding hydrogens is 396 g/mol. The molecule has 0 spiro atoms. The molecule has 146 valence electrons. The highest BCUT2D eigenvalue weighted by atomic mass is 32.1. The van der Waals surface area contributed by atoms with Crippen molar-refractivity contribution >= 4 is 45.4 Å². The predicted molar refractivity (Wildman–Crippen MR) is 111 cm³/mol. The normalized spacial score (nSPS) is 10.6. The summed E-state index contributed by atoms with van der Waals surface area (Å²) < 4.78 is 10.8. The summed E-state index contributed by atoms with van der Waals surface area (Å²) >= 11 is 2.87. The Kier molecular flexibility index (Phi) is 6.11. The van der Waals surface area contributed by atoms with Gasteiger partial charge in [-0.15, -0.1) is 22.7 Å². The van der Waals surface area contributed by atoms with E-state index in [1.165, 1.54) is 23.2 Å². The van der Waals surface area contributed by atoms with Crippen LogP contribution >= 0.6 is 22.7 Å². The molecule has 1 aromatic carbocycles. The highest BCUT2D eigenvalue weighted by Crippen LogP contribution is 2.35. The number of benzene rings is 1. The van der Waals surface area contributed by atoms with Crippen LogP contribution in [0.15, 0.2) is 35.7 Å². The summed E-state index contributed by atoms with van der Waals surface area (Å²) in [4.78, 5) is 32.5. The quantitative estimate of drug-likeness (QED) is 0.536. The number of rotatable bonds is 6. The van der Waals surface area contributed by atoms with Crippen molar-refractivity contribution < 1.29 is 19.1 Å². The topological polar surface area (TPSA) is 68.7 Å². The van der Waals surface area contributed by atoms with Crippen LogP contribution in [0.2, 0.25) is 0 Å². The van der Waals surface area contributed by atoms with Crippen molar-refractivity contribution in [1.29, 1.82) is 0 Å². The molecule has 0 saturated carbocycles. The molecular formula is C20H20N2O4S2. The Morgan fingerprint density at radius 1 is 1.21 bits per heavy atom. The molecule has 6 nitrogen and oxygen atoms in total. The summed E-state index contributed by atoms with van der Waals surface area (Å²) in [5.41, 5.74) is 1.77. The fourth-order valence-electron chi connectivity index (χ4n) is 2.74. The molecule has 0 saturated heterocycles. The number of ether oxygens (including phenoxy) is 2. The SMILES string of the molecule is COc1ccccc1N(C(C)=O)c1nc(COC(=O)c2cc(C)sc2C)cs1. The van der Waals surface area contributed by atoms with E-state index < -0.39 is 0 Å². The summed E-state index contributed by atoms with van der Waals surface area (Å²) in [6.07, 6.45) is 0. The maximum Gasteiger partial charge on any atom is 0.339 e. The van der Waals surface area contributed by atoms with E-state index in [9.17, 15) is 9.59 Å². The Morgan fingerprint density at radius 3 is 2.61 bits per heavy atom. The van der Waals surface area contributed by atoms with Gasteiger partial charge in [0.05, 0.1) is 24.1 Å². The van der Waals surface area contributed by atoms with Gasteiger partial charge in [0.15, 0.2) is 5.13 Å². The number of thiophene rings is 1. The van der Waals surface area contributed by atoms with E-state index in [0.29, 0.717) is 27.8 Å². The Labute approximate surface area is 171 Å². The predicted octanol–water partition coefficient (Wildman–Crippen LogP) is 4.87. The second-order valence-electron chi connectivity index (χ2n) is 6.05. The van der Waals surface area contributed by atoms with E-state index in [1.807, 2.05) is 32.0 Å². The van der Waals surface area contributed by atoms with Crippen LogP contribution in [-0.4, -0.2) is 24.0 Å². The average Bonchev–Trinajstić information content (AvgIpc) is 3.26. The lowest BCUT2D eigenvalue weighted by molar-refractivity contribution is -0.115. The Morgan fingerprint density at radius 2 is 1.96 bits per heavy atom. The van der Waals surface area contributed by atoms with Gasteiger partial charge in [-0.1, -0.05) is 12.1 Å². The number of hydrogen-bond donors (Lipinski definition) is 0. The minimum absolute atomic E-state index is 0.0430. The number of thiazole rings is 1. The van der Waals surface area contributed by atoms with Crippen molar-refractivity contribution in [3.8, 4) is 5.75 Å². The van der Waals surface area contributed by atoms with Crippen LogP contribution in [0.4, 0.5) is 10.8 Å². The number of para-hydroxylation sites is 2. The van der Waals surface area contributed by atoms with Crippen LogP contribution in [0.5, 0.6) is 5.75 Å². The van der Waals surface area contributed by atoms with Crippen molar-refractivity contribution in [2.24, 2.45) is 0 Å². The lowest BCUT2D eigenvalue weighted by atomic mass is 10.2. The first-order valence-electron chi connectivity index (χ1n) is 8.53. The average molecular weight is 417 g/mol. The number of carbonyl (C=O) groups excluding carboxylic acids is 2. The maximum absolute atomic E-state index is 12.3. The number of amides is 1. The number of hydrogen-bond acceptors (Lipinski definition) is 7. The van der Waals surface area contributed by atoms with E-state index >= 15 is 0 Å². The van der Waals surface area contributed by atoms with E-state index in [4.69, 9.17) is 9.47 Å². The largest absolute Gasteiger partial charge is 0.495 e. The minimum atomic E-state index is -0.371. The fraction of sp³-hybridized carbons (Fsp3) is 0.250. The summed E-state index contributed by atoms with van der Waals surface area (Å²) in [5.74, 6) is 0.0144. The van der Waals surface area contributed by atoms with Gasteiger partial charge in [0.1, 0.15) is 12.4 Å². The molecule has 2 heterocycles. The van der Waals surface area contributed by atoms with Gasteiger partial charge >= 0.3 is 5.97 Å². The summed E-state index contributed by atoms with van der Waals surface area (Å²) in [7, 11) is 1.55. The second-order valence-corrected chi connectivity index (χ2v) is 8.35. The Bertz CT molecular complexity index is 1010. The third-order valence-corrected chi connectivity index (χ3v) is 5.82. The molecule has 0 aliphatic heterocycles. The van der Waals surface area contributed by atoms with Crippen LogP contribution < -0.4 is 9.64 Å². The number of anilines is 2. The van der Waals surface area contributed by atoms with Crippen LogP contribution in [0.3, 0.4) is 0 Å². The molecule has 8 heteroatoms. The first-order valence-corrected chi connectivity index (χ1v) is 10.2. The van der Waals surface area contributed by atoms with Crippen molar-refractivity contribution in [3.63, 3.8) is 0 Å². The lowest BCUT2D eigenvalue weighted by Crippen LogP contribution is -2.23. The van der Waals surface area contributed by atoms with Crippen LogP contribution in [-0.2, 0) is 16.1 Å². The van der Waals surface area contributed by atoms with Gasteiger partial charge in [-0.05, 0) is 32.0 Å². The maximum atomic E-state index is 12.3. The molecule has 3 aromatic rings. The second kappa shape index (κ2) is 8.53. The van der Waals surface area contributed by atoms with E-state index in [1.54, 1.807) is 36.0 Å². The van der Waals surface area contributed by atoms with Crippen LogP contribution in [0.25, 0.3) is 0 Å². The lowest BCUT2D eigenvalue weighted by Gasteiger charge is -2.20. The zero-order valence-corrected chi connectivity index (χ0v) is 17.6. The minimum Gasteiger partial charge on any atom is -0.495 e. The number of esters is 1. The number of aryl methyl sites for hydroxylation is 2. The number of methoxy groups -OCH3 is 1. The van der Waals surface area contributed by atoms with Gasteiger partial charge in [-0.3, -0.25) is 9.69 Å². The van der Waals surface area contributed by atoms with Gasteiger partial charge in [-0.25, -0.2) is 9.78 Å². The van der Waals surface area contributed by atoms with Gasteiger partial charge in [0.25, 0.3) is 0 Å². The van der Waals surface area contributed by atoms with Gasteiger partial charge in [0, 0.05) is 22.1 Å². The van der Waals surface area contributed by atoms with Crippen LogP contribution in [0, 0.1) is 13.8 Å². The molecule has 2 aromatic heterocycles. The highest BCUT2D eigenvalue weighted by molar-refractivity contribution is 7.14. The first-order chi connectivity index (χ1) is 13.4. The molecule has 3 rings (SSSR count). The molecule has 1 amide bonds. The number of carbonyl (C=O) groups is 2. The molecule has 28 heavy (non-hydrogen) atoms. The van der Waals surface area contributed by atoms with Crippen LogP contribution in [0.1, 0.15) is 32.7 Å². The summed E-state index contributed by atoms with van der Waals surface area (Å²) in [6, 6.07) is 9.07. The Hall–Kier alpha value is -2.71. The summed E-state index contributed by atoms with van der Waals surface area (Å²) in [5, 5.41) is 2.27. The fourth-order valence-corrected chi connectivity index (χ4v) is 4.51. The van der Waals surface area contributed by atoms with E-state index in [0.717, 1.165) is 9.75 Å². The molecule has 0 unspecified atom stereocenters. The van der Waals surface area contributed by atoms with Crippen molar-refractivity contribution in [1.82, 2.24) is 4.98 Å². The molecule has 0 radical (unpaired) electrons. The van der Waals surface area contributed by atoms with Gasteiger partial charge in [0.2, 0.25) is 5.91 Å². The van der Waals surface area contributed by atoms with Gasteiger partial charge < -0.3 is 9.47 Å². The molecule has 0 N–H and O–H groups in total. The number of aromatic nitrogens is 1. The third kappa shape index (κ3) is 4.23. The van der Waals surface area contributed by atoms with Crippen molar-refractivity contribution in [3.05, 3.63) is 56.7 Å². The smallest absolute Gasteiger partial charge is 0.339 e. The van der Waals surface area contributed by atoms with Crippen molar-refractivity contribution in [2.75, 3.05) is 12.0 Å². The standard InChI is InChI=1S/C20H20N2O4S2/c1-12-9-16(13(2)28-12)19(24)26-10-15-11-27-20(21-15)22(14(3)23)17-7-5-6-8-18(17)25-4/h5-9,11H,10H2,1-4H3. The molecule has 0 aliphatic carbocycles. The first kappa shape index (κ1) is 20.0. The summed E-state index contributed by atoms with van der Waals surface area (Å²) in [6.45, 7) is 5.36. The van der Waals surface area contributed by atoms with E-state index in [2.05, 4.69) is 4.98 Å². The number of nitrogens with zero attached hydrogens (tertiary/aromatic N) is 2. The van der Waals surface area contributed by atoms with E-state index in [-0.39, 0.29) is 18.5 Å². The highest BCUT2D eigenvalue weighted by Gasteiger charge is 2.22. The third-order valence-electron chi connectivity index (χ3n) is 3.98.